The quantitative estimate of drug-likeness (QED) is 0.683. The molecule has 0 radical (unpaired) electrons. The first-order valence-electron chi connectivity index (χ1n) is 7.67. The fourth-order valence-electron chi connectivity index (χ4n) is 2.53. The van der Waals surface area contributed by atoms with Crippen LogP contribution in [0.5, 0.6) is 5.75 Å². The van der Waals surface area contributed by atoms with Crippen molar-refractivity contribution in [1.82, 2.24) is 9.88 Å². The summed E-state index contributed by atoms with van der Waals surface area (Å²) in [7, 11) is 3.39. The summed E-state index contributed by atoms with van der Waals surface area (Å²) in [6.07, 6.45) is 1.73. The number of halogens is 1. The van der Waals surface area contributed by atoms with E-state index in [1.807, 2.05) is 48.3 Å². The van der Waals surface area contributed by atoms with Gasteiger partial charge in [-0.05, 0) is 24.7 Å². The van der Waals surface area contributed by atoms with Gasteiger partial charge in [0.2, 0.25) is 5.89 Å². The van der Waals surface area contributed by atoms with Gasteiger partial charge < -0.3 is 9.15 Å². The number of hydrogen-bond acceptors (Lipinski definition) is 4. The van der Waals surface area contributed by atoms with Gasteiger partial charge in [-0.1, -0.05) is 36.4 Å². The molecule has 5 heteroatoms. The average Bonchev–Trinajstić information content (AvgIpc) is 3.04. The summed E-state index contributed by atoms with van der Waals surface area (Å²) in [6, 6.07) is 14.8. The molecular formula is C19H19FN2O2. The monoisotopic (exact) mass is 326 g/mol. The lowest BCUT2D eigenvalue weighted by molar-refractivity contribution is 0.282. The van der Waals surface area contributed by atoms with Crippen LogP contribution in [0.2, 0.25) is 0 Å². The fourth-order valence-corrected chi connectivity index (χ4v) is 2.53. The van der Waals surface area contributed by atoms with Crippen LogP contribution in [0.4, 0.5) is 4.39 Å². The molecule has 124 valence electrons. The van der Waals surface area contributed by atoms with Crippen molar-refractivity contribution in [2.24, 2.45) is 0 Å². The van der Waals surface area contributed by atoms with Gasteiger partial charge in [0.15, 0.2) is 17.3 Å². The Hall–Kier alpha value is -2.66. The molecule has 0 aliphatic rings. The van der Waals surface area contributed by atoms with E-state index in [1.165, 1.54) is 13.2 Å². The molecule has 0 aliphatic carbocycles. The standard InChI is InChI=1S/C19H19FN2O2/c1-22(12-14-8-9-17(23-2)16(20)10-14)13-19-21-11-18(24-19)15-6-4-3-5-7-15/h3-11H,12-13H2,1-2H3. The molecule has 0 unspecified atom stereocenters. The number of hydrogen-bond donors (Lipinski definition) is 0. The van der Waals surface area contributed by atoms with Crippen molar-refractivity contribution >= 4 is 0 Å². The third kappa shape index (κ3) is 3.81. The second kappa shape index (κ2) is 7.27. The highest BCUT2D eigenvalue weighted by atomic mass is 19.1. The smallest absolute Gasteiger partial charge is 0.209 e. The zero-order valence-corrected chi connectivity index (χ0v) is 13.7. The predicted octanol–water partition coefficient (Wildman–Crippen LogP) is 4.12. The number of nitrogens with zero attached hydrogens (tertiary/aromatic N) is 2. The van der Waals surface area contributed by atoms with Crippen molar-refractivity contribution in [1.29, 1.82) is 0 Å². The van der Waals surface area contributed by atoms with Crippen LogP contribution in [0, 0.1) is 5.82 Å². The molecule has 4 nitrogen and oxygen atoms in total. The number of methoxy groups -OCH3 is 1. The summed E-state index contributed by atoms with van der Waals surface area (Å²) in [5, 5.41) is 0. The van der Waals surface area contributed by atoms with Crippen LogP contribution in [-0.2, 0) is 13.1 Å². The minimum atomic E-state index is -0.356. The lowest BCUT2D eigenvalue weighted by Crippen LogP contribution is -2.17. The first kappa shape index (κ1) is 16.2. The van der Waals surface area contributed by atoms with Crippen molar-refractivity contribution in [3.8, 4) is 17.1 Å². The van der Waals surface area contributed by atoms with Crippen LogP contribution in [0.3, 0.4) is 0 Å². The molecule has 1 heterocycles. The Morgan fingerprint density at radius 2 is 1.92 bits per heavy atom. The first-order chi connectivity index (χ1) is 11.7. The highest BCUT2D eigenvalue weighted by Crippen LogP contribution is 2.21. The van der Waals surface area contributed by atoms with Crippen LogP contribution in [0.15, 0.2) is 59.1 Å². The van der Waals surface area contributed by atoms with Crippen LogP contribution >= 0.6 is 0 Å². The van der Waals surface area contributed by atoms with Gasteiger partial charge in [-0.3, -0.25) is 4.90 Å². The molecule has 0 saturated heterocycles. The Balaban J connectivity index is 1.64. The molecule has 24 heavy (non-hydrogen) atoms. The Morgan fingerprint density at radius 3 is 2.62 bits per heavy atom. The molecule has 0 spiro atoms. The van der Waals surface area contributed by atoms with Crippen molar-refractivity contribution in [3.63, 3.8) is 0 Å². The Kier molecular flexibility index (Phi) is 4.91. The maximum absolute atomic E-state index is 13.7. The average molecular weight is 326 g/mol. The molecule has 0 saturated carbocycles. The highest BCUT2D eigenvalue weighted by molar-refractivity contribution is 5.55. The minimum Gasteiger partial charge on any atom is -0.494 e. The molecule has 0 atom stereocenters. The summed E-state index contributed by atoms with van der Waals surface area (Å²) in [5.74, 6) is 1.27. The van der Waals surface area contributed by atoms with Gasteiger partial charge in [0.25, 0.3) is 0 Å². The molecule has 0 aliphatic heterocycles. The van der Waals surface area contributed by atoms with Gasteiger partial charge in [-0.25, -0.2) is 9.37 Å². The number of oxazole rings is 1. The zero-order valence-electron chi connectivity index (χ0n) is 13.7. The molecule has 3 aromatic rings. The number of ether oxygens (including phenoxy) is 1. The number of benzene rings is 2. The van der Waals surface area contributed by atoms with Gasteiger partial charge in [0.1, 0.15) is 0 Å². The second-order valence-corrected chi connectivity index (χ2v) is 5.63. The summed E-state index contributed by atoms with van der Waals surface area (Å²) in [4.78, 5) is 6.33. The van der Waals surface area contributed by atoms with Gasteiger partial charge in [0.05, 0.1) is 19.9 Å². The Bertz CT molecular complexity index is 802. The van der Waals surface area contributed by atoms with Crippen molar-refractivity contribution in [2.75, 3.05) is 14.2 Å². The molecule has 0 amide bonds. The highest BCUT2D eigenvalue weighted by Gasteiger charge is 2.10. The lowest BCUT2D eigenvalue weighted by atomic mass is 10.2. The van der Waals surface area contributed by atoms with Crippen molar-refractivity contribution in [2.45, 2.75) is 13.1 Å². The van der Waals surface area contributed by atoms with Crippen LogP contribution in [0.25, 0.3) is 11.3 Å². The summed E-state index contributed by atoms with van der Waals surface area (Å²) in [6.45, 7) is 1.13. The predicted molar refractivity (Wildman–Crippen MR) is 90.1 cm³/mol. The number of aromatic nitrogens is 1. The normalized spacial score (nSPS) is 11.0. The molecule has 0 fully saturated rings. The van der Waals surface area contributed by atoms with E-state index in [1.54, 1.807) is 12.3 Å². The van der Waals surface area contributed by atoms with E-state index in [0.717, 1.165) is 16.9 Å². The number of rotatable bonds is 6. The molecule has 0 bridgehead atoms. The van der Waals surface area contributed by atoms with E-state index in [9.17, 15) is 4.39 Å². The van der Waals surface area contributed by atoms with Crippen molar-refractivity contribution in [3.05, 3.63) is 72.0 Å². The van der Waals surface area contributed by atoms with E-state index in [0.29, 0.717) is 19.0 Å². The van der Waals surface area contributed by atoms with Crippen molar-refractivity contribution < 1.29 is 13.5 Å². The van der Waals surface area contributed by atoms with Gasteiger partial charge >= 0.3 is 0 Å². The molecule has 0 N–H and O–H groups in total. The topological polar surface area (TPSA) is 38.5 Å². The van der Waals surface area contributed by atoms with E-state index in [-0.39, 0.29) is 11.6 Å². The third-order valence-electron chi connectivity index (χ3n) is 3.69. The Labute approximate surface area is 140 Å². The Morgan fingerprint density at radius 1 is 1.12 bits per heavy atom. The summed E-state index contributed by atoms with van der Waals surface area (Å²) >= 11 is 0. The van der Waals surface area contributed by atoms with Crippen LogP contribution in [0.1, 0.15) is 11.5 Å². The first-order valence-corrected chi connectivity index (χ1v) is 7.67. The largest absolute Gasteiger partial charge is 0.494 e. The molecule has 2 aromatic carbocycles. The SMILES string of the molecule is COc1ccc(CN(C)Cc2ncc(-c3ccccc3)o2)cc1F. The fraction of sp³-hybridized carbons (Fsp3) is 0.211. The van der Waals surface area contributed by atoms with E-state index in [4.69, 9.17) is 9.15 Å². The maximum Gasteiger partial charge on any atom is 0.209 e. The summed E-state index contributed by atoms with van der Waals surface area (Å²) < 4.78 is 24.5. The maximum atomic E-state index is 13.7. The van der Waals surface area contributed by atoms with E-state index >= 15 is 0 Å². The van der Waals surface area contributed by atoms with Crippen LogP contribution < -0.4 is 4.74 Å². The zero-order chi connectivity index (χ0) is 16.9. The van der Waals surface area contributed by atoms with Gasteiger partial charge in [-0.15, -0.1) is 0 Å². The molecule has 3 rings (SSSR count). The minimum absolute atomic E-state index is 0.251. The van der Waals surface area contributed by atoms with Crippen LogP contribution in [-0.4, -0.2) is 24.0 Å². The summed E-state index contributed by atoms with van der Waals surface area (Å²) in [5.41, 5.74) is 1.86. The second-order valence-electron chi connectivity index (χ2n) is 5.63. The van der Waals surface area contributed by atoms with E-state index in [2.05, 4.69) is 4.98 Å². The lowest BCUT2D eigenvalue weighted by Gasteiger charge is -2.15. The molecule has 1 aromatic heterocycles. The van der Waals surface area contributed by atoms with E-state index < -0.39 is 0 Å². The molecular weight excluding hydrogens is 307 g/mol. The third-order valence-corrected chi connectivity index (χ3v) is 3.69. The van der Waals surface area contributed by atoms with Gasteiger partial charge in [-0.2, -0.15) is 0 Å². The van der Waals surface area contributed by atoms with Gasteiger partial charge in [0, 0.05) is 12.1 Å².